The summed E-state index contributed by atoms with van der Waals surface area (Å²) in [7, 11) is 2.73. The van der Waals surface area contributed by atoms with Crippen molar-refractivity contribution in [1.29, 1.82) is 0 Å². The van der Waals surface area contributed by atoms with Crippen LogP contribution in [0.4, 0.5) is 0 Å². The zero-order chi connectivity index (χ0) is 24.9. The van der Waals surface area contributed by atoms with Crippen LogP contribution in [0.5, 0.6) is 5.75 Å². The Labute approximate surface area is 198 Å². The van der Waals surface area contributed by atoms with Crippen LogP contribution in [-0.2, 0) is 18.3 Å². The predicted octanol–water partition coefficient (Wildman–Crippen LogP) is 2.31. The highest BCUT2D eigenvalue weighted by atomic mass is 16.5. The molecule has 0 aliphatic heterocycles. The molecule has 0 amide bonds. The number of carbonyl (C=O) groups excluding carboxylic acids is 1. The van der Waals surface area contributed by atoms with Crippen LogP contribution in [0.3, 0.4) is 0 Å². The first-order valence-corrected chi connectivity index (χ1v) is 11.2. The number of hydrogen-bond acceptors (Lipinski definition) is 8. The summed E-state index contributed by atoms with van der Waals surface area (Å²) in [6, 6.07) is 7.78. The number of ether oxygens (including phenoxy) is 2. The van der Waals surface area contributed by atoms with E-state index in [0.29, 0.717) is 34.6 Å². The van der Waals surface area contributed by atoms with Crippen molar-refractivity contribution in [2.75, 3.05) is 13.7 Å². The van der Waals surface area contributed by atoms with E-state index in [0.717, 1.165) is 17.4 Å². The van der Waals surface area contributed by atoms with Gasteiger partial charge < -0.3 is 13.9 Å². The minimum Gasteiger partial charge on any atom is -0.494 e. The Bertz CT molecular complexity index is 1680. The average Bonchev–Trinajstić information content (AvgIpc) is 3.70. The molecule has 0 bridgehead atoms. The number of aromatic nitrogens is 3. The van der Waals surface area contributed by atoms with E-state index in [2.05, 4.69) is 4.98 Å². The van der Waals surface area contributed by atoms with Crippen LogP contribution >= 0.6 is 0 Å². The van der Waals surface area contributed by atoms with Gasteiger partial charge in [-0.3, -0.25) is 13.9 Å². The maximum atomic E-state index is 13.6. The minimum atomic E-state index is -0.694. The molecule has 5 rings (SSSR count). The number of pyridine rings is 1. The van der Waals surface area contributed by atoms with Crippen LogP contribution in [0.15, 0.2) is 49.1 Å². The molecule has 0 spiro atoms. The molecule has 1 aliphatic rings. The fourth-order valence-corrected chi connectivity index (χ4v) is 4.26. The van der Waals surface area contributed by atoms with Crippen molar-refractivity contribution in [1.82, 2.24) is 14.1 Å². The van der Waals surface area contributed by atoms with Crippen LogP contribution < -0.4 is 21.6 Å². The second kappa shape index (κ2) is 8.53. The first-order valence-electron chi connectivity index (χ1n) is 11.2. The molecule has 35 heavy (non-hydrogen) atoms. The Morgan fingerprint density at radius 2 is 1.94 bits per heavy atom. The third kappa shape index (κ3) is 3.90. The van der Waals surface area contributed by atoms with Gasteiger partial charge >= 0.3 is 17.3 Å². The van der Waals surface area contributed by atoms with Crippen LogP contribution in [-0.4, -0.2) is 33.8 Å². The summed E-state index contributed by atoms with van der Waals surface area (Å²) in [6.45, 7) is 2.06. The Morgan fingerprint density at radius 3 is 2.63 bits per heavy atom. The van der Waals surface area contributed by atoms with Gasteiger partial charge in [0.15, 0.2) is 0 Å². The van der Waals surface area contributed by atoms with Crippen LogP contribution in [0, 0.1) is 0 Å². The summed E-state index contributed by atoms with van der Waals surface area (Å²) >= 11 is 0. The Balaban J connectivity index is 1.76. The standard InChI is InChI=1S/C25H23N3O7/c1-4-34-15-7-8-19-16(10-15)14(9-20(29)35-19)12-28-23(30)21-17(24(31)33-3)11-18(13-5-6-13)26-22(21)27(2)25(28)32/h7-11,13H,4-6,12H2,1-3H3. The first-order chi connectivity index (χ1) is 16.8. The highest BCUT2D eigenvalue weighted by Gasteiger charge is 2.29. The van der Waals surface area contributed by atoms with Crippen molar-refractivity contribution in [2.45, 2.75) is 32.2 Å². The Morgan fingerprint density at radius 1 is 1.17 bits per heavy atom. The summed E-state index contributed by atoms with van der Waals surface area (Å²) in [5.74, 6) is 0.0576. The van der Waals surface area contributed by atoms with Gasteiger partial charge in [0.2, 0.25) is 0 Å². The third-order valence-electron chi connectivity index (χ3n) is 6.15. The molecule has 0 N–H and O–H groups in total. The molecule has 1 fully saturated rings. The highest BCUT2D eigenvalue weighted by Crippen LogP contribution is 2.40. The maximum absolute atomic E-state index is 13.6. The van der Waals surface area contributed by atoms with Gasteiger partial charge in [0.1, 0.15) is 17.0 Å². The molecule has 4 aromatic rings. The van der Waals surface area contributed by atoms with Crippen LogP contribution in [0.25, 0.3) is 22.0 Å². The lowest BCUT2D eigenvalue weighted by Crippen LogP contribution is -2.40. The van der Waals surface area contributed by atoms with Gasteiger partial charge in [-0.1, -0.05) is 0 Å². The summed E-state index contributed by atoms with van der Waals surface area (Å²) in [5.41, 5.74) is -0.400. The first kappa shape index (κ1) is 22.6. The van der Waals surface area contributed by atoms with Crippen LogP contribution in [0.2, 0.25) is 0 Å². The molecule has 3 aromatic heterocycles. The number of rotatable bonds is 6. The van der Waals surface area contributed by atoms with E-state index in [1.807, 2.05) is 6.92 Å². The number of methoxy groups -OCH3 is 1. The van der Waals surface area contributed by atoms with Gasteiger partial charge in [-0.15, -0.1) is 0 Å². The highest BCUT2D eigenvalue weighted by molar-refractivity contribution is 6.02. The molecule has 1 aromatic carbocycles. The molecule has 0 unspecified atom stereocenters. The molecule has 1 saturated carbocycles. The Hall–Kier alpha value is -4.21. The summed E-state index contributed by atoms with van der Waals surface area (Å²) in [6.07, 6.45) is 1.86. The van der Waals surface area contributed by atoms with E-state index < -0.39 is 22.8 Å². The Kier molecular flexibility index (Phi) is 5.50. The number of aryl methyl sites for hydroxylation is 1. The van der Waals surface area contributed by atoms with E-state index in [9.17, 15) is 19.2 Å². The largest absolute Gasteiger partial charge is 0.494 e. The van der Waals surface area contributed by atoms with Crippen molar-refractivity contribution in [2.24, 2.45) is 7.05 Å². The smallest absolute Gasteiger partial charge is 0.338 e. The molecule has 10 heteroatoms. The van der Waals surface area contributed by atoms with E-state index in [1.165, 1.54) is 24.8 Å². The number of esters is 1. The third-order valence-corrected chi connectivity index (χ3v) is 6.15. The molecule has 3 heterocycles. The van der Waals surface area contributed by atoms with Gasteiger partial charge in [0.05, 0.1) is 31.2 Å². The van der Waals surface area contributed by atoms with E-state index in [4.69, 9.17) is 13.9 Å². The molecule has 180 valence electrons. The van der Waals surface area contributed by atoms with Crippen molar-refractivity contribution in [3.63, 3.8) is 0 Å². The van der Waals surface area contributed by atoms with Crippen LogP contribution in [0.1, 0.15) is 47.3 Å². The average molecular weight is 477 g/mol. The lowest BCUT2D eigenvalue weighted by Gasteiger charge is -2.14. The zero-order valence-corrected chi connectivity index (χ0v) is 19.5. The van der Waals surface area contributed by atoms with Gasteiger partial charge in [-0.25, -0.2) is 19.4 Å². The van der Waals surface area contributed by atoms with Crippen molar-refractivity contribution >= 4 is 28.0 Å². The number of carbonyl (C=O) groups is 1. The minimum absolute atomic E-state index is 0.00868. The lowest BCUT2D eigenvalue weighted by molar-refractivity contribution is 0.0602. The second-order valence-corrected chi connectivity index (χ2v) is 8.47. The van der Waals surface area contributed by atoms with E-state index >= 15 is 0 Å². The number of hydrogen-bond donors (Lipinski definition) is 0. The number of fused-ring (bicyclic) bond motifs is 2. The van der Waals surface area contributed by atoms with Gasteiger partial charge in [0, 0.05) is 30.1 Å². The molecule has 10 nitrogen and oxygen atoms in total. The van der Waals surface area contributed by atoms with E-state index in [-0.39, 0.29) is 29.1 Å². The monoisotopic (exact) mass is 477 g/mol. The zero-order valence-electron chi connectivity index (χ0n) is 19.5. The molecule has 0 atom stereocenters. The molecule has 0 radical (unpaired) electrons. The molecule has 1 aliphatic carbocycles. The van der Waals surface area contributed by atoms with Crippen molar-refractivity contribution < 1.29 is 18.7 Å². The predicted molar refractivity (Wildman–Crippen MR) is 127 cm³/mol. The molecular weight excluding hydrogens is 454 g/mol. The quantitative estimate of drug-likeness (QED) is 0.306. The fraction of sp³-hybridized carbons (Fsp3) is 0.320. The topological polar surface area (TPSA) is 123 Å². The van der Waals surface area contributed by atoms with E-state index in [1.54, 1.807) is 24.3 Å². The SMILES string of the molecule is CCOc1ccc2oc(=O)cc(Cn3c(=O)c4c(C(=O)OC)cc(C5CC5)nc4n(C)c3=O)c2c1. The van der Waals surface area contributed by atoms with Gasteiger partial charge in [-0.05, 0) is 49.6 Å². The van der Waals surface area contributed by atoms with Crippen molar-refractivity contribution in [3.05, 3.63) is 78.4 Å². The molecule has 0 saturated heterocycles. The fourth-order valence-electron chi connectivity index (χ4n) is 4.26. The second-order valence-electron chi connectivity index (χ2n) is 8.47. The summed E-state index contributed by atoms with van der Waals surface area (Å²) < 4.78 is 18.0. The summed E-state index contributed by atoms with van der Waals surface area (Å²) in [5, 5.41) is 0.519. The van der Waals surface area contributed by atoms with Gasteiger partial charge in [-0.2, -0.15) is 0 Å². The lowest BCUT2D eigenvalue weighted by atomic mass is 10.1. The maximum Gasteiger partial charge on any atom is 0.338 e. The van der Waals surface area contributed by atoms with Crippen molar-refractivity contribution in [3.8, 4) is 5.75 Å². The molecular formula is C25H23N3O7. The number of nitrogens with zero attached hydrogens (tertiary/aromatic N) is 3. The normalized spacial score (nSPS) is 13.3. The van der Waals surface area contributed by atoms with Gasteiger partial charge in [0.25, 0.3) is 5.56 Å². The summed E-state index contributed by atoms with van der Waals surface area (Å²) in [4.78, 5) is 56.2. The number of benzene rings is 1.